The van der Waals surface area contributed by atoms with Crippen LogP contribution in [0.4, 0.5) is 0 Å². The highest BCUT2D eigenvalue weighted by Crippen LogP contribution is 2.17. The quantitative estimate of drug-likeness (QED) is 0.0261. The van der Waals surface area contributed by atoms with Crippen molar-refractivity contribution in [2.45, 2.75) is 335 Å². The predicted molar refractivity (Wildman–Crippen MR) is 353 cm³/mol. The van der Waals surface area contributed by atoms with Crippen LogP contribution in [0.2, 0.25) is 0 Å². The average molecular weight is 1130 g/mol. The minimum atomic E-state index is -0.800. The van der Waals surface area contributed by atoms with E-state index in [0.29, 0.717) is 19.3 Å². The SMILES string of the molecule is CC/C=C\C/C=C\C/C=C\C/C=C\C/C=C\C/C=C\C/C=C\C/C=C\CCCCC(=O)OC(COC(=O)CCCCCCCCC)COC(=O)CCCCCCCCCCCCCCCCCCC/C=C\CCCCCCCCCC. The molecule has 1 unspecified atom stereocenters. The Bertz CT molecular complexity index is 1620. The molecule has 0 N–H and O–H groups in total. The molecule has 0 rings (SSSR count). The number of carbonyl (C=O) groups excluding carboxylic acids is 3. The van der Waals surface area contributed by atoms with Crippen LogP contribution in [-0.2, 0) is 28.6 Å². The summed E-state index contributed by atoms with van der Waals surface area (Å²) in [6.45, 7) is 6.47. The second-order valence-corrected chi connectivity index (χ2v) is 22.7. The molecule has 0 saturated heterocycles. The topological polar surface area (TPSA) is 78.9 Å². The lowest BCUT2D eigenvalue weighted by atomic mass is 10.0. The second-order valence-electron chi connectivity index (χ2n) is 22.7. The summed E-state index contributed by atoms with van der Waals surface area (Å²) in [4.78, 5) is 38.1. The zero-order chi connectivity index (χ0) is 58.5. The van der Waals surface area contributed by atoms with Gasteiger partial charge in [-0.2, -0.15) is 0 Å². The van der Waals surface area contributed by atoms with E-state index in [1.165, 1.54) is 180 Å². The van der Waals surface area contributed by atoms with E-state index in [9.17, 15) is 14.4 Å². The number of esters is 3. The van der Waals surface area contributed by atoms with Crippen LogP contribution in [0.3, 0.4) is 0 Å². The number of hydrogen-bond donors (Lipinski definition) is 0. The van der Waals surface area contributed by atoms with E-state index in [2.05, 4.69) is 130 Å². The molecule has 0 bridgehead atoms. The van der Waals surface area contributed by atoms with Crippen molar-refractivity contribution in [3.05, 3.63) is 109 Å². The van der Waals surface area contributed by atoms with Crippen molar-refractivity contribution in [1.82, 2.24) is 0 Å². The van der Waals surface area contributed by atoms with E-state index >= 15 is 0 Å². The van der Waals surface area contributed by atoms with E-state index < -0.39 is 6.10 Å². The summed E-state index contributed by atoms with van der Waals surface area (Å²) in [6, 6.07) is 0. The molecule has 81 heavy (non-hydrogen) atoms. The van der Waals surface area contributed by atoms with Gasteiger partial charge in [-0.3, -0.25) is 14.4 Å². The lowest BCUT2D eigenvalue weighted by molar-refractivity contribution is -0.167. The third kappa shape index (κ3) is 66.8. The Labute approximate surface area is 501 Å². The molecule has 6 nitrogen and oxygen atoms in total. The highest BCUT2D eigenvalue weighted by molar-refractivity contribution is 5.71. The van der Waals surface area contributed by atoms with E-state index in [4.69, 9.17) is 14.2 Å². The van der Waals surface area contributed by atoms with Gasteiger partial charge >= 0.3 is 17.9 Å². The molecule has 0 aromatic rings. The number of hydrogen-bond acceptors (Lipinski definition) is 6. The fourth-order valence-corrected chi connectivity index (χ4v) is 9.63. The normalized spacial score (nSPS) is 12.8. The highest BCUT2D eigenvalue weighted by atomic mass is 16.6. The highest BCUT2D eigenvalue weighted by Gasteiger charge is 2.19. The van der Waals surface area contributed by atoms with Gasteiger partial charge in [-0.25, -0.2) is 0 Å². The molecule has 1 atom stereocenters. The Balaban J connectivity index is 4.17. The van der Waals surface area contributed by atoms with Crippen LogP contribution in [0.15, 0.2) is 109 Å². The minimum absolute atomic E-state index is 0.0939. The third-order valence-corrected chi connectivity index (χ3v) is 14.8. The smallest absolute Gasteiger partial charge is 0.306 e. The summed E-state index contributed by atoms with van der Waals surface area (Å²) in [5, 5.41) is 0. The molecule has 0 aliphatic rings. The van der Waals surface area contributed by atoms with Crippen molar-refractivity contribution in [1.29, 1.82) is 0 Å². The first-order valence-corrected chi connectivity index (χ1v) is 34.4. The molecule has 0 amide bonds. The lowest BCUT2D eigenvalue weighted by Crippen LogP contribution is -2.30. The fourth-order valence-electron chi connectivity index (χ4n) is 9.63. The van der Waals surface area contributed by atoms with Crippen LogP contribution in [-0.4, -0.2) is 37.2 Å². The van der Waals surface area contributed by atoms with E-state index in [-0.39, 0.29) is 37.5 Å². The summed E-state index contributed by atoms with van der Waals surface area (Å²) in [5.41, 5.74) is 0. The lowest BCUT2D eigenvalue weighted by Gasteiger charge is -2.18. The summed E-state index contributed by atoms with van der Waals surface area (Å²) in [6.07, 6.45) is 94.3. The first kappa shape index (κ1) is 77.1. The molecule has 0 aromatic heterocycles. The second kappa shape index (κ2) is 68.6. The van der Waals surface area contributed by atoms with Gasteiger partial charge in [0.1, 0.15) is 13.2 Å². The van der Waals surface area contributed by atoms with Crippen molar-refractivity contribution in [2.75, 3.05) is 13.2 Å². The molecule has 0 heterocycles. The molecule has 0 spiro atoms. The van der Waals surface area contributed by atoms with Crippen molar-refractivity contribution >= 4 is 17.9 Å². The third-order valence-electron chi connectivity index (χ3n) is 14.8. The van der Waals surface area contributed by atoms with Gasteiger partial charge in [-0.05, 0) is 109 Å². The van der Waals surface area contributed by atoms with E-state index in [1.807, 2.05) is 0 Å². The van der Waals surface area contributed by atoms with Gasteiger partial charge in [0.05, 0.1) is 0 Å². The van der Waals surface area contributed by atoms with Gasteiger partial charge in [0.15, 0.2) is 6.10 Å². The number of carbonyl (C=O) groups is 3. The van der Waals surface area contributed by atoms with Crippen molar-refractivity contribution in [3.8, 4) is 0 Å². The van der Waals surface area contributed by atoms with E-state index in [0.717, 1.165) is 103 Å². The van der Waals surface area contributed by atoms with Crippen LogP contribution >= 0.6 is 0 Å². The maximum atomic E-state index is 12.9. The average Bonchev–Trinajstić information content (AvgIpc) is 3.46. The van der Waals surface area contributed by atoms with Crippen LogP contribution in [0.1, 0.15) is 329 Å². The maximum Gasteiger partial charge on any atom is 0.306 e. The first-order chi connectivity index (χ1) is 40.0. The molecule has 0 saturated carbocycles. The Hall–Kier alpha value is -3.93. The van der Waals surface area contributed by atoms with Crippen LogP contribution < -0.4 is 0 Å². The summed E-state index contributed by atoms with van der Waals surface area (Å²) < 4.78 is 16.8. The van der Waals surface area contributed by atoms with Crippen molar-refractivity contribution < 1.29 is 28.6 Å². The zero-order valence-electron chi connectivity index (χ0n) is 53.3. The van der Waals surface area contributed by atoms with Gasteiger partial charge in [0, 0.05) is 19.3 Å². The van der Waals surface area contributed by atoms with Gasteiger partial charge in [0.25, 0.3) is 0 Å². The number of ether oxygens (including phenoxy) is 3. The number of unbranched alkanes of at least 4 members (excludes halogenated alkanes) is 33. The fraction of sp³-hybridized carbons (Fsp3) is 0.720. The minimum Gasteiger partial charge on any atom is -0.462 e. The predicted octanol–water partition coefficient (Wildman–Crippen LogP) is 23.8. The van der Waals surface area contributed by atoms with Gasteiger partial charge in [-0.15, -0.1) is 0 Å². The molecule has 464 valence electrons. The molecule has 0 fully saturated rings. The Morgan fingerprint density at radius 1 is 0.259 bits per heavy atom. The van der Waals surface area contributed by atoms with Gasteiger partial charge in [-0.1, -0.05) is 310 Å². The maximum absolute atomic E-state index is 12.9. The zero-order valence-corrected chi connectivity index (χ0v) is 53.3. The summed E-state index contributed by atoms with van der Waals surface area (Å²) in [7, 11) is 0. The van der Waals surface area contributed by atoms with Crippen LogP contribution in [0.25, 0.3) is 0 Å². The summed E-state index contributed by atoms with van der Waals surface area (Å²) >= 11 is 0. The van der Waals surface area contributed by atoms with Crippen molar-refractivity contribution in [2.24, 2.45) is 0 Å². The Morgan fingerprint density at radius 3 is 0.790 bits per heavy atom. The standard InChI is InChI=1S/C75H128O6/c1-4-7-10-13-16-18-20-22-24-26-28-30-32-34-36-37-39-40-42-44-46-48-50-52-54-56-59-62-65-68-74(77)80-71-72(70-79-73(76)67-64-61-58-15-12-9-6-3)81-75(78)69-66-63-60-57-55-53-51-49-47-45-43-41-38-35-33-31-29-27-25-23-21-19-17-14-11-8-5-2/h8,11,17,19,23,25-26,28-29,31,35,38,43,45,49,51,55,57,72H,4-7,9-10,12-16,18,20-22,24,27,30,32-34,36-37,39-42,44,46-48,50,52-54,56,58-71H2,1-3H3/b11-8-,19-17-,25-23-,28-26-,31-29-,38-35-,45-43-,51-49-,57-55-. The first-order valence-electron chi connectivity index (χ1n) is 34.4. The number of allylic oxidation sites excluding steroid dienone is 18. The largest absolute Gasteiger partial charge is 0.462 e. The Kier molecular flexibility index (Phi) is 65.2. The monoisotopic (exact) mass is 1120 g/mol. The molecular weight excluding hydrogens is 997 g/mol. The van der Waals surface area contributed by atoms with Gasteiger partial charge in [0.2, 0.25) is 0 Å². The number of rotatable bonds is 62. The molecule has 6 heteroatoms. The van der Waals surface area contributed by atoms with Crippen LogP contribution in [0.5, 0.6) is 0 Å². The molecule has 0 aliphatic heterocycles. The molecular formula is C75H128O6. The van der Waals surface area contributed by atoms with Crippen LogP contribution in [0, 0.1) is 0 Å². The summed E-state index contributed by atoms with van der Waals surface area (Å²) in [5.74, 6) is -0.936. The molecule has 0 radical (unpaired) electrons. The van der Waals surface area contributed by atoms with E-state index in [1.54, 1.807) is 0 Å². The molecule has 0 aromatic carbocycles. The molecule has 0 aliphatic carbocycles. The van der Waals surface area contributed by atoms with Gasteiger partial charge < -0.3 is 14.2 Å². The van der Waals surface area contributed by atoms with Crippen molar-refractivity contribution in [3.63, 3.8) is 0 Å². The Morgan fingerprint density at radius 2 is 0.481 bits per heavy atom.